The lowest BCUT2D eigenvalue weighted by atomic mass is 10.1. The number of thioether (sulfide) groups is 1. The van der Waals surface area contributed by atoms with Crippen molar-refractivity contribution in [2.24, 2.45) is 4.99 Å². The maximum atomic E-state index is 13.6. The van der Waals surface area contributed by atoms with Gasteiger partial charge in [-0.05, 0) is 90.5 Å². The van der Waals surface area contributed by atoms with Gasteiger partial charge in [0.15, 0.2) is 16.7 Å². The first-order chi connectivity index (χ1) is 19.9. The van der Waals surface area contributed by atoms with Crippen LogP contribution in [-0.2, 0) is 11.4 Å². The molecule has 1 saturated heterocycles. The molecule has 1 amide bonds. The summed E-state index contributed by atoms with van der Waals surface area (Å²) in [6.45, 7) is 2.68. The first-order valence-electron chi connectivity index (χ1n) is 12.8. The summed E-state index contributed by atoms with van der Waals surface area (Å²) in [5.74, 6) is -0.143. The van der Waals surface area contributed by atoms with Gasteiger partial charge in [-0.15, -0.1) is 0 Å². The second-order valence-corrected chi connectivity index (χ2v) is 10.3. The van der Waals surface area contributed by atoms with Crippen LogP contribution >= 0.6 is 23.4 Å². The van der Waals surface area contributed by atoms with Crippen molar-refractivity contribution in [2.45, 2.75) is 13.5 Å². The summed E-state index contributed by atoms with van der Waals surface area (Å²) in [7, 11) is 0. The topological polar surface area (TPSA) is 88.4 Å². The Labute approximate surface area is 246 Å². The van der Waals surface area contributed by atoms with Gasteiger partial charge in [-0.3, -0.25) is 9.69 Å². The molecule has 9 heteroatoms. The first kappa shape index (κ1) is 28.0. The highest BCUT2D eigenvalue weighted by Crippen LogP contribution is 2.38. The van der Waals surface area contributed by atoms with Crippen molar-refractivity contribution in [3.05, 3.63) is 124 Å². The lowest BCUT2D eigenvalue weighted by Crippen LogP contribution is -2.28. The van der Waals surface area contributed by atoms with E-state index in [1.54, 1.807) is 18.2 Å². The molecule has 41 heavy (non-hydrogen) atoms. The number of carbonyl (C=O) groups excluding carboxylic acids is 1. The van der Waals surface area contributed by atoms with Crippen LogP contribution in [0.1, 0.15) is 28.4 Å². The lowest BCUT2D eigenvalue weighted by molar-refractivity contribution is -0.113. The molecule has 1 aliphatic rings. The third-order valence-corrected chi connectivity index (χ3v) is 7.23. The number of aliphatic imine (C=N–C) groups is 1. The summed E-state index contributed by atoms with van der Waals surface area (Å²) in [6.07, 6.45) is 1.78. The molecule has 1 N–H and O–H groups in total. The molecule has 1 heterocycles. The zero-order valence-corrected chi connectivity index (χ0v) is 23.6. The minimum atomic E-state index is -1.05. The maximum absolute atomic E-state index is 13.6. The summed E-state index contributed by atoms with van der Waals surface area (Å²) < 4.78 is 11.9. The number of carbonyl (C=O) groups is 2. The molecular weight excluding hydrogens is 560 g/mol. The molecule has 0 atom stereocenters. The average molecular weight is 585 g/mol. The molecule has 4 aromatic carbocycles. The summed E-state index contributed by atoms with van der Waals surface area (Å²) in [5, 5.41) is 10.5. The van der Waals surface area contributed by atoms with E-state index in [-0.39, 0.29) is 11.5 Å². The molecular formula is C32H25ClN2O5S. The Morgan fingerprint density at radius 3 is 2.46 bits per heavy atom. The third-order valence-electron chi connectivity index (χ3n) is 6.01. The number of aromatic carboxylic acids is 1. The number of carboxylic acid groups (broad SMARTS) is 1. The molecule has 7 nitrogen and oxygen atoms in total. The molecule has 5 rings (SSSR count). The van der Waals surface area contributed by atoms with Gasteiger partial charge in [0.05, 0.1) is 28.5 Å². The maximum Gasteiger partial charge on any atom is 0.335 e. The van der Waals surface area contributed by atoms with Crippen LogP contribution in [0.3, 0.4) is 0 Å². The van der Waals surface area contributed by atoms with Gasteiger partial charge in [-0.2, -0.15) is 0 Å². The summed E-state index contributed by atoms with van der Waals surface area (Å²) in [6, 6.07) is 28.4. The number of amidine groups is 1. The Kier molecular flexibility index (Phi) is 8.72. The van der Waals surface area contributed by atoms with Gasteiger partial charge in [0.25, 0.3) is 5.91 Å². The van der Waals surface area contributed by atoms with E-state index >= 15 is 0 Å². The van der Waals surface area contributed by atoms with E-state index in [1.807, 2.05) is 79.7 Å². The Balaban J connectivity index is 1.45. The highest BCUT2D eigenvalue weighted by molar-refractivity contribution is 8.19. The lowest BCUT2D eigenvalue weighted by Gasteiger charge is -2.15. The van der Waals surface area contributed by atoms with Crippen LogP contribution in [0.5, 0.6) is 11.5 Å². The van der Waals surface area contributed by atoms with Crippen molar-refractivity contribution in [1.82, 2.24) is 0 Å². The van der Waals surface area contributed by atoms with E-state index < -0.39 is 5.97 Å². The van der Waals surface area contributed by atoms with E-state index in [9.17, 15) is 14.7 Å². The Hall–Kier alpha value is -4.53. The van der Waals surface area contributed by atoms with Crippen molar-refractivity contribution in [1.29, 1.82) is 0 Å². The summed E-state index contributed by atoms with van der Waals surface area (Å²) >= 11 is 7.19. The zero-order chi connectivity index (χ0) is 28.8. The summed E-state index contributed by atoms with van der Waals surface area (Å²) in [4.78, 5) is 31.7. The van der Waals surface area contributed by atoms with Gasteiger partial charge in [-0.25, -0.2) is 9.79 Å². The molecule has 4 aromatic rings. The number of amides is 1. The van der Waals surface area contributed by atoms with Gasteiger partial charge < -0.3 is 14.6 Å². The number of carboxylic acids is 1. The van der Waals surface area contributed by atoms with E-state index in [2.05, 4.69) is 4.99 Å². The molecule has 0 spiro atoms. The molecule has 1 aliphatic heterocycles. The van der Waals surface area contributed by atoms with Crippen LogP contribution < -0.4 is 14.4 Å². The fraction of sp³-hybridized carbons (Fsp3) is 0.0938. The molecule has 1 fully saturated rings. The smallest absolute Gasteiger partial charge is 0.335 e. The van der Waals surface area contributed by atoms with E-state index in [0.717, 1.165) is 11.1 Å². The number of benzene rings is 4. The van der Waals surface area contributed by atoms with Crippen LogP contribution in [0.15, 0.2) is 107 Å². The molecule has 0 aliphatic carbocycles. The largest absolute Gasteiger partial charge is 0.490 e. The van der Waals surface area contributed by atoms with Gasteiger partial charge in [0.2, 0.25) is 0 Å². The summed E-state index contributed by atoms with van der Waals surface area (Å²) in [5.41, 5.74) is 2.93. The molecule has 0 saturated carbocycles. The highest BCUT2D eigenvalue weighted by Gasteiger charge is 2.34. The molecule has 0 radical (unpaired) electrons. The Morgan fingerprint density at radius 1 is 0.951 bits per heavy atom. The number of hydrogen-bond donors (Lipinski definition) is 1. The highest BCUT2D eigenvalue weighted by atomic mass is 35.5. The molecule has 0 aromatic heterocycles. The SMILES string of the molecule is CCOc1cc(/C=C2\SC(=Nc3cccc(C(=O)O)c3)N(c3ccccc3)C2=O)ccc1OCc1ccc(Cl)cc1. The number of nitrogens with zero attached hydrogens (tertiary/aromatic N) is 2. The predicted octanol–water partition coefficient (Wildman–Crippen LogP) is 7.82. The van der Waals surface area contributed by atoms with Crippen molar-refractivity contribution >= 4 is 57.9 Å². The van der Waals surface area contributed by atoms with Crippen LogP contribution in [-0.4, -0.2) is 28.8 Å². The Bertz CT molecular complexity index is 1640. The van der Waals surface area contributed by atoms with Gasteiger partial charge in [0.1, 0.15) is 6.61 Å². The van der Waals surface area contributed by atoms with Crippen molar-refractivity contribution in [2.75, 3.05) is 11.5 Å². The van der Waals surface area contributed by atoms with Crippen LogP contribution in [0, 0.1) is 0 Å². The normalized spacial score (nSPS) is 15.0. The van der Waals surface area contributed by atoms with Gasteiger partial charge in [0, 0.05) is 5.02 Å². The standard InChI is InChI=1S/C32H25ClN2O5S/c1-2-39-28-17-22(13-16-27(28)40-20-21-11-14-24(33)15-12-21)18-29-30(36)35(26-9-4-3-5-10-26)32(41-29)34-25-8-6-7-23(19-25)31(37)38/h3-19H,2,20H2,1H3,(H,37,38)/b29-18-,34-32?. The van der Waals surface area contributed by atoms with Gasteiger partial charge in [-0.1, -0.05) is 54.1 Å². The number of ether oxygens (including phenoxy) is 2. The van der Waals surface area contributed by atoms with Crippen LogP contribution in [0.4, 0.5) is 11.4 Å². The second kappa shape index (κ2) is 12.8. The van der Waals surface area contributed by atoms with Gasteiger partial charge >= 0.3 is 5.97 Å². The second-order valence-electron chi connectivity index (χ2n) is 8.89. The predicted molar refractivity (Wildman–Crippen MR) is 163 cm³/mol. The minimum absolute atomic E-state index is 0.116. The monoisotopic (exact) mass is 584 g/mol. The zero-order valence-electron chi connectivity index (χ0n) is 22.0. The number of hydrogen-bond acceptors (Lipinski definition) is 6. The van der Waals surface area contributed by atoms with Crippen molar-refractivity contribution in [3.63, 3.8) is 0 Å². The van der Waals surface area contributed by atoms with E-state index in [1.165, 1.54) is 28.8 Å². The fourth-order valence-electron chi connectivity index (χ4n) is 4.07. The van der Waals surface area contributed by atoms with Crippen molar-refractivity contribution in [3.8, 4) is 11.5 Å². The Morgan fingerprint density at radius 2 is 1.73 bits per heavy atom. The fourth-order valence-corrected chi connectivity index (χ4v) is 5.19. The van der Waals surface area contributed by atoms with E-state index in [4.69, 9.17) is 21.1 Å². The molecule has 0 unspecified atom stereocenters. The number of halogens is 1. The third kappa shape index (κ3) is 6.80. The quantitative estimate of drug-likeness (QED) is 0.202. The van der Waals surface area contributed by atoms with Crippen LogP contribution in [0.25, 0.3) is 6.08 Å². The van der Waals surface area contributed by atoms with Crippen LogP contribution in [0.2, 0.25) is 5.02 Å². The number of anilines is 1. The van der Waals surface area contributed by atoms with Crippen molar-refractivity contribution < 1.29 is 24.2 Å². The van der Waals surface area contributed by atoms with E-state index in [0.29, 0.717) is 51.2 Å². The molecule has 206 valence electrons. The number of para-hydroxylation sites is 1. The minimum Gasteiger partial charge on any atom is -0.490 e. The first-order valence-corrected chi connectivity index (χ1v) is 14.0. The molecule has 0 bridgehead atoms. The number of rotatable bonds is 9. The average Bonchev–Trinajstić information content (AvgIpc) is 3.28.